The van der Waals surface area contributed by atoms with Crippen molar-refractivity contribution in [1.29, 1.82) is 0 Å². The Morgan fingerprint density at radius 2 is 2.03 bits per heavy atom. The number of halogens is 1. The van der Waals surface area contributed by atoms with Crippen LogP contribution in [-0.4, -0.2) is 59.7 Å². The lowest BCUT2D eigenvalue weighted by atomic mass is 9.91. The van der Waals surface area contributed by atoms with Crippen LogP contribution in [-0.2, 0) is 0 Å². The van der Waals surface area contributed by atoms with E-state index in [0.29, 0.717) is 48.1 Å². The highest BCUT2D eigenvalue weighted by Gasteiger charge is 2.28. The molecule has 0 spiro atoms. The molecule has 0 unspecified atom stereocenters. The number of aliphatic hydroxyl groups excluding tert-OH is 1. The zero-order valence-electron chi connectivity index (χ0n) is 22.0. The topological polar surface area (TPSA) is 70.3 Å². The molecule has 1 aliphatic carbocycles. The number of aromatic nitrogens is 1. The summed E-state index contributed by atoms with van der Waals surface area (Å²) in [5.41, 5.74) is 0.608. The van der Waals surface area contributed by atoms with Crippen LogP contribution in [0.25, 0.3) is 4.85 Å². The number of hydrogen-bond acceptors (Lipinski definition) is 5. The van der Waals surface area contributed by atoms with Gasteiger partial charge in [0.2, 0.25) is 5.69 Å². The first-order valence-electron chi connectivity index (χ1n) is 13.2. The number of pyridine rings is 1. The van der Waals surface area contributed by atoms with E-state index >= 15 is 0 Å². The fourth-order valence-electron chi connectivity index (χ4n) is 4.61. The molecule has 1 aromatic carbocycles. The third kappa shape index (κ3) is 5.63. The number of carbonyl (C=O) groups excluding carboxylic acids is 1. The monoisotopic (exact) mass is 485 g/mol. The summed E-state index contributed by atoms with van der Waals surface area (Å²) in [7, 11) is 0. The van der Waals surface area contributed by atoms with Crippen LogP contribution < -0.4 is 9.64 Å². The predicted octanol–water partition coefficient (Wildman–Crippen LogP) is 4.96. The molecule has 1 aromatic heterocycles. The zero-order valence-corrected chi connectivity index (χ0v) is 19.7. The Bertz CT molecular complexity index is 1120. The second-order valence-corrected chi connectivity index (χ2v) is 9.37. The second kappa shape index (κ2) is 11.1. The molecule has 180 valence electrons. The molecule has 34 heavy (non-hydrogen) atoms. The number of amides is 1. The average Bonchev–Trinajstić information content (AvgIpc) is 2.89. The van der Waals surface area contributed by atoms with E-state index in [1.54, 1.807) is 30.3 Å². The molecular weight excluding hydrogens is 452 g/mol. The van der Waals surface area contributed by atoms with E-state index in [0.717, 1.165) is 36.6 Å². The highest BCUT2D eigenvalue weighted by molar-refractivity contribution is 6.33. The molecule has 2 fully saturated rings. The van der Waals surface area contributed by atoms with Gasteiger partial charge in [-0.25, -0.2) is 9.83 Å². The molecule has 2 aromatic rings. The maximum Gasteiger partial charge on any atom is 0.255 e. The maximum absolute atomic E-state index is 13.3. The lowest BCUT2D eigenvalue weighted by Crippen LogP contribution is -2.41. The minimum Gasteiger partial charge on any atom is -0.490 e. The molecule has 1 N–H and O–H groups in total. The Morgan fingerprint density at radius 1 is 1.26 bits per heavy atom. The quantitative estimate of drug-likeness (QED) is 0.586. The first kappa shape index (κ1) is 20.5. The number of nitrogens with zero attached hydrogens (tertiary/aromatic N) is 4. The zero-order chi connectivity index (χ0) is 26.6. The van der Waals surface area contributed by atoms with Crippen LogP contribution in [0.15, 0.2) is 36.5 Å². The summed E-state index contributed by atoms with van der Waals surface area (Å²) in [6.45, 7) is 6.28. The summed E-state index contributed by atoms with van der Waals surface area (Å²) in [5, 5.41) is 9.66. The molecule has 4 rings (SSSR count). The van der Waals surface area contributed by atoms with Gasteiger partial charge in [0.15, 0.2) is 0 Å². The van der Waals surface area contributed by atoms with Crippen molar-refractivity contribution in [2.75, 3.05) is 31.6 Å². The highest BCUT2D eigenvalue weighted by Crippen LogP contribution is 2.32. The molecule has 1 amide bonds. The number of rotatable bonds is 6. The molecule has 2 heterocycles. The van der Waals surface area contributed by atoms with Gasteiger partial charge in [0.25, 0.3) is 5.91 Å². The Hall–Kier alpha value is -2.82. The van der Waals surface area contributed by atoms with Gasteiger partial charge in [-0.05, 0) is 68.7 Å². The fraction of sp³-hybridized carbons (Fsp3) is 0.500. The van der Waals surface area contributed by atoms with E-state index in [4.69, 9.17) is 27.0 Å². The average molecular weight is 486 g/mol. The van der Waals surface area contributed by atoms with E-state index in [1.807, 2.05) is 0 Å². The van der Waals surface area contributed by atoms with Crippen LogP contribution in [0.3, 0.4) is 0 Å². The number of carbonyl (C=O) groups is 1. The first-order valence-corrected chi connectivity index (χ1v) is 12.1. The Kier molecular flexibility index (Phi) is 6.69. The number of piperidine rings is 1. The van der Waals surface area contributed by atoms with Crippen molar-refractivity contribution in [1.82, 2.24) is 9.88 Å². The van der Waals surface area contributed by atoms with E-state index in [1.165, 1.54) is 6.20 Å². The van der Waals surface area contributed by atoms with E-state index in [9.17, 15) is 9.90 Å². The van der Waals surface area contributed by atoms with Crippen molar-refractivity contribution in [3.05, 3.63) is 58.5 Å². The van der Waals surface area contributed by atoms with Gasteiger partial charge in [-0.3, -0.25) is 4.79 Å². The van der Waals surface area contributed by atoms with Gasteiger partial charge >= 0.3 is 0 Å². The summed E-state index contributed by atoms with van der Waals surface area (Å²) < 4.78 is 30.2. The Morgan fingerprint density at radius 3 is 2.62 bits per heavy atom. The third-order valence-corrected chi connectivity index (χ3v) is 7.06. The van der Waals surface area contributed by atoms with E-state index in [2.05, 4.69) is 14.7 Å². The van der Waals surface area contributed by atoms with Crippen LogP contribution in [0.4, 0.5) is 11.5 Å². The standard InChI is InChI=1S/C26H31ClN4O3/c1-28-24-9-8-22(15-23(24)27)34-21-6-4-20(5-7-21)30(2)26(33)19-3-10-25(29-16-19)31-13-11-18(17-32)12-14-31/h3,8-10,15-16,18,20-21,32H,4-7,11-14,17H2,2H3/i2D3. The van der Waals surface area contributed by atoms with Crippen molar-refractivity contribution in [3.8, 4) is 5.75 Å². The minimum atomic E-state index is -2.58. The summed E-state index contributed by atoms with van der Waals surface area (Å²) in [5.74, 6) is 1.07. The van der Waals surface area contributed by atoms with Crippen molar-refractivity contribution >= 4 is 29.0 Å². The molecule has 0 radical (unpaired) electrons. The number of anilines is 1. The van der Waals surface area contributed by atoms with Gasteiger partial charge < -0.3 is 19.6 Å². The largest absolute Gasteiger partial charge is 0.490 e. The Balaban J connectivity index is 1.39. The summed E-state index contributed by atoms with van der Waals surface area (Å²) in [6.07, 6.45) is 5.27. The van der Waals surface area contributed by atoms with Crippen molar-refractivity contribution in [2.24, 2.45) is 5.92 Å². The fourth-order valence-corrected chi connectivity index (χ4v) is 4.83. The van der Waals surface area contributed by atoms with Crippen LogP contribution in [0, 0.1) is 12.5 Å². The molecule has 2 aliphatic rings. The van der Waals surface area contributed by atoms with Gasteiger partial charge in [0, 0.05) is 43.0 Å². The number of ether oxygens (including phenoxy) is 1. The highest BCUT2D eigenvalue weighted by atomic mass is 35.5. The molecule has 1 saturated carbocycles. The van der Waals surface area contributed by atoms with Crippen molar-refractivity contribution in [3.63, 3.8) is 0 Å². The number of aliphatic hydroxyl groups is 1. The van der Waals surface area contributed by atoms with Gasteiger partial charge in [-0.2, -0.15) is 0 Å². The molecule has 1 aliphatic heterocycles. The smallest absolute Gasteiger partial charge is 0.255 e. The van der Waals surface area contributed by atoms with Crippen LogP contribution in [0.5, 0.6) is 5.75 Å². The lowest BCUT2D eigenvalue weighted by Gasteiger charge is -2.35. The Labute approximate surface area is 210 Å². The predicted molar refractivity (Wildman–Crippen MR) is 133 cm³/mol. The molecule has 0 atom stereocenters. The normalized spacial score (nSPS) is 22.7. The molecule has 7 nitrogen and oxygen atoms in total. The SMILES string of the molecule is [2H]C([2H])([2H])N(C(=O)c1ccc(N2CCC(CO)CC2)nc1)C1CCC(Oc2ccc([N+]#[C-])c(Cl)c2)CC1. The maximum atomic E-state index is 13.3. The third-order valence-electron chi connectivity index (χ3n) is 6.76. The van der Waals surface area contributed by atoms with Gasteiger partial charge in [-0.1, -0.05) is 17.7 Å². The van der Waals surface area contributed by atoms with E-state index in [-0.39, 0.29) is 18.3 Å². The van der Waals surface area contributed by atoms with Crippen LogP contribution in [0.1, 0.15) is 53.0 Å². The number of benzene rings is 1. The summed E-state index contributed by atoms with van der Waals surface area (Å²) in [6, 6.07) is 7.90. The second-order valence-electron chi connectivity index (χ2n) is 8.97. The van der Waals surface area contributed by atoms with Gasteiger partial charge in [0.05, 0.1) is 23.3 Å². The van der Waals surface area contributed by atoms with Crippen molar-refractivity contribution < 1.29 is 18.8 Å². The summed E-state index contributed by atoms with van der Waals surface area (Å²) in [4.78, 5) is 24.3. The summed E-state index contributed by atoms with van der Waals surface area (Å²) >= 11 is 6.10. The van der Waals surface area contributed by atoms with Crippen LogP contribution in [0.2, 0.25) is 5.02 Å². The molecule has 1 saturated heterocycles. The first-order chi connectivity index (χ1) is 17.7. The van der Waals surface area contributed by atoms with E-state index < -0.39 is 18.9 Å². The number of hydrogen-bond donors (Lipinski definition) is 1. The van der Waals surface area contributed by atoms with Gasteiger partial charge in [-0.15, -0.1) is 0 Å². The molecule has 0 bridgehead atoms. The van der Waals surface area contributed by atoms with Crippen molar-refractivity contribution in [2.45, 2.75) is 50.7 Å². The molecule has 8 heteroatoms. The minimum absolute atomic E-state index is 0.129. The van der Waals surface area contributed by atoms with Gasteiger partial charge in [0.1, 0.15) is 11.6 Å². The lowest BCUT2D eigenvalue weighted by molar-refractivity contribution is 0.0609. The van der Waals surface area contributed by atoms with Crippen LogP contribution >= 0.6 is 11.6 Å². The molecular formula is C26H31ClN4O3.